The molecule has 2 rings (SSSR count). The minimum atomic E-state index is -3.77. The van der Waals surface area contributed by atoms with E-state index in [1.54, 1.807) is 48.5 Å². The van der Waals surface area contributed by atoms with E-state index in [0.717, 1.165) is 0 Å². The maximum absolute atomic E-state index is 12.5. The molecule has 6 nitrogen and oxygen atoms in total. The van der Waals surface area contributed by atoms with E-state index in [2.05, 4.69) is 4.72 Å². The number of hydrogen-bond acceptors (Lipinski definition) is 4. The normalized spacial score (nSPS) is 11.0. The number of para-hydroxylation sites is 2. The molecule has 2 aromatic rings. The maximum Gasteiger partial charge on any atom is 0.340 e. The molecule has 0 fully saturated rings. The monoisotopic (exact) mass is 334 g/mol. The largest absolute Gasteiger partial charge is 0.384 e. The van der Waals surface area contributed by atoms with Gasteiger partial charge in [0.15, 0.2) is 0 Å². The summed E-state index contributed by atoms with van der Waals surface area (Å²) in [4.78, 5) is 13.8. The summed E-state index contributed by atoms with van der Waals surface area (Å²) in [6.45, 7) is 0.0132. The highest BCUT2D eigenvalue weighted by atomic mass is 32.2. The lowest BCUT2D eigenvalue weighted by molar-refractivity contribution is 0.216. The van der Waals surface area contributed by atoms with Gasteiger partial charge in [0.1, 0.15) is 0 Å². The first-order valence-electron chi connectivity index (χ1n) is 6.97. The number of rotatable bonds is 6. The van der Waals surface area contributed by atoms with Crippen molar-refractivity contribution in [3.05, 3.63) is 60.7 Å². The second-order valence-electron chi connectivity index (χ2n) is 4.73. The zero-order valence-corrected chi connectivity index (χ0v) is 13.5. The van der Waals surface area contributed by atoms with Crippen LogP contribution in [0.1, 0.15) is 0 Å². The van der Waals surface area contributed by atoms with Crippen molar-refractivity contribution in [1.82, 2.24) is 4.72 Å². The van der Waals surface area contributed by atoms with Crippen LogP contribution < -0.4 is 9.62 Å². The molecule has 0 heterocycles. The quantitative estimate of drug-likeness (QED) is 0.881. The molecular weight excluding hydrogens is 316 g/mol. The summed E-state index contributed by atoms with van der Waals surface area (Å²) in [7, 11) is -2.37. The van der Waals surface area contributed by atoms with E-state index in [-0.39, 0.29) is 12.4 Å². The van der Waals surface area contributed by atoms with Crippen LogP contribution in [0.4, 0.5) is 16.2 Å². The van der Waals surface area contributed by atoms with Crippen molar-refractivity contribution in [3.8, 4) is 0 Å². The molecule has 7 heteroatoms. The van der Waals surface area contributed by atoms with E-state index in [1.807, 2.05) is 12.1 Å². The lowest BCUT2D eigenvalue weighted by atomic mass is 10.2. The van der Waals surface area contributed by atoms with E-state index in [9.17, 15) is 13.2 Å². The van der Waals surface area contributed by atoms with Gasteiger partial charge >= 0.3 is 6.03 Å². The number of nitrogens with one attached hydrogen (secondary N) is 1. The van der Waals surface area contributed by atoms with Gasteiger partial charge in [0.25, 0.3) is 0 Å². The van der Waals surface area contributed by atoms with E-state index in [4.69, 9.17) is 4.74 Å². The van der Waals surface area contributed by atoms with Gasteiger partial charge in [-0.3, -0.25) is 4.90 Å². The smallest absolute Gasteiger partial charge is 0.340 e. The number of methoxy groups -OCH3 is 1. The van der Waals surface area contributed by atoms with Gasteiger partial charge in [-0.1, -0.05) is 36.4 Å². The van der Waals surface area contributed by atoms with E-state index >= 15 is 0 Å². The topological polar surface area (TPSA) is 75.7 Å². The molecule has 0 aromatic heterocycles. The SMILES string of the molecule is COCCS(=O)(=O)NC(=O)N(c1ccccc1)c1ccccc1. The number of anilines is 2. The van der Waals surface area contributed by atoms with Crippen LogP contribution in [-0.4, -0.2) is 33.9 Å². The summed E-state index contributed by atoms with van der Waals surface area (Å²) in [5.74, 6) is -0.285. The predicted octanol–water partition coefficient (Wildman–Crippen LogP) is 2.51. The number of hydrogen-bond donors (Lipinski definition) is 1. The number of nitrogens with zero attached hydrogens (tertiary/aromatic N) is 1. The molecule has 0 aliphatic carbocycles. The minimum absolute atomic E-state index is 0.0132. The molecule has 0 aliphatic rings. The number of amides is 2. The Labute approximate surface area is 135 Å². The van der Waals surface area contributed by atoms with Crippen molar-refractivity contribution in [2.45, 2.75) is 0 Å². The molecule has 0 saturated carbocycles. The number of sulfonamides is 1. The maximum atomic E-state index is 12.5. The van der Waals surface area contributed by atoms with Gasteiger partial charge in [0, 0.05) is 7.11 Å². The van der Waals surface area contributed by atoms with Gasteiger partial charge in [-0.25, -0.2) is 17.9 Å². The van der Waals surface area contributed by atoms with Crippen molar-refractivity contribution >= 4 is 27.4 Å². The first kappa shape index (κ1) is 17.0. The number of urea groups is 1. The van der Waals surface area contributed by atoms with Crippen LogP contribution in [0.25, 0.3) is 0 Å². The Bertz CT molecular complexity index is 694. The third kappa shape index (κ3) is 4.80. The van der Waals surface area contributed by atoms with Crippen LogP contribution in [0.3, 0.4) is 0 Å². The molecule has 1 N–H and O–H groups in total. The fourth-order valence-electron chi connectivity index (χ4n) is 1.96. The Balaban J connectivity index is 2.30. The van der Waals surface area contributed by atoms with Gasteiger partial charge in [-0.15, -0.1) is 0 Å². The van der Waals surface area contributed by atoms with Crippen LogP contribution in [-0.2, 0) is 14.8 Å². The zero-order valence-electron chi connectivity index (χ0n) is 12.7. The molecule has 0 saturated heterocycles. The molecule has 0 spiro atoms. The second-order valence-corrected chi connectivity index (χ2v) is 6.57. The minimum Gasteiger partial charge on any atom is -0.384 e. The summed E-state index contributed by atoms with van der Waals surface area (Å²) in [5, 5.41) is 0. The van der Waals surface area contributed by atoms with Crippen LogP contribution >= 0.6 is 0 Å². The van der Waals surface area contributed by atoms with Crippen LogP contribution in [0.2, 0.25) is 0 Å². The summed E-state index contributed by atoms with van der Waals surface area (Å²) in [6.07, 6.45) is 0. The first-order chi connectivity index (χ1) is 11.0. The fraction of sp³-hybridized carbons (Fsp3) is 0.188. The van der Waals surface area contributed by atoms with Gasteiger partial charge < -0.3 is 4.74 Å². The van der Waals surface area contributed by atoms with Crippen molar-refractivity contribution < 1.29 is 17.9 Å². The van der Waals surface area contributed by atoms with Crippen LogP contribution in [0.15, 0.2) is 60.7 Å². The predicted molar refractivity (Wildman–Crippen MR) is 89.2 cm³/mol. The lowest BCUT2D eigenvalue weighted by Crippen LogP contribution is -2.42. The molecule has 0 radical (unpaired) electrons. The molecule has 0 atom stereocenters. The lowest BCUT2D eigenvalue weighted by Gasteiger charge is -2.23. The number of benzene rings is 2. The van der Waals surface area contributed by atoms with Gasteiger partial charge in [-0.2, -0.15) is 0 Å². The highest BCUT2D eigenvalue weighted by molar-refractivity contribution is 7.90. The van der Waals surface area contributed by atoms with Crippen molar-refractivity contribution in [1.29, 1.82) is 0 Å². The molecular formula is C16H18N2O4S. The van der Waals surface area contributed by atoms with Crippen molar-refractivity contribution in [2.75, 3.05) is 24.4 Å². The third-order valence-electron chi connectivity index (χ3n) is 3.03. The Hall–Kier alpha value is -2.38. The zero-order chi connectivity index (χ0) is 16.7. The summed E-state index contributed by atoms with van der Waals surface area (Å²) < 4.78 is 30.7. The fourth-order valence-corrected chi connectivity index (χ4v) is 2.81. The molecule has 2 amide bonds. The average molecular weight is 334 g/mol. The first-order valence-corrected chi connectivity index (χ1v) is 8.62. The average Bonchev–Trinajstić information content (AvgIpc) is 2.55. The molecule has 0 bridgehead atoms. The number of carbonyl (C=O) groups excluding carboxylic acids is 1. The highest BCUT2D eigenvalue weighted by Gasteiger charge is 2.22. The Morgan fingerprint density at radius 1 is 1.00 bits per heavy atom. The van der Waals surface area contributed by atoms with E-state index in [1.165, 1.54) is 12.0 Å². The Kier molecular flexibility index (Phi) is 5.72. The highest BCUT2D eigenvalue weighted by Crippen LogP contribution is 2.24. The van der Waals surface area contributed by atoms with E-state index in [0.29, 0.717) is 11.4 Å². The molecule has 23 heavy (non-hydrogen) atoms. The standard InChI is InChI=1S/C16H18N2O4S/c1-22-12-13-23(20,21)17-16(19)18(14-8-4-2-5-9-14)15-10-6-3-7-11-15/h2-11H,12-13H2,1H3,(H,17,19). The number of carbonyl (C=O) groups is 1. The Morgan fingerprint density at radius 2 is 1.48 bits per heavy atom. The van der Waals surface area contributed by atoms with Crippen LogP contribution in [0, 0.1) is 0 Å². The summed E-state index contributed by atoms with van der Waals surface area (Å²) >= 11 is 0. The van der Waals surface area contributed by atoms with E-state index < -0.39 is 16.1 Å². The molecule has 122 valence electrons. The summed E-state index contributed by atoms with van der Waals surface area (Å²) in [5.41, 5.74) is 1.14. The molecule has 2 aromatic carbocycles. The Morgan fingerprint density at radius 3 is 1.91 bits per heavy atom. The van der Waals surface area contributed by atoms with Crippen LogP contribution in [0.5, 0.6) is 0 Å². The third-order valence-corrected chi connectivity index (χ3v) is 4.22. The van der Waals surface area contributed by atoms with Crippen molar-refractivity contribution in [3.63, 3.8) is 0 Å². The van der Waals surface area contributed by atoms with Gasteiger partial charge in [0.2, 0.25) is 10.0 Å². The summed E-state index contributed by atoms with van der Waals surface area (Å²) in [6, 6.07) is 16.9. The van der Waals surface area contributed by atoms with Crippen molar-refractivity contribution in [2.24, 2.45) is 0 Å². The molecule has 0 unspecified atom stereocenters. The number of ether oxygens (including phenoxy) is 1. The van der Waals surface area contributed by atoms with Gasteiger partial charge in [-0.05, 0) is 24.3 Å². The molecule has 0 aliphatic heterocycles. The second kappa shape index (κ2) is 7.75. The van der Waals surface area contributed by atoms with Gasteiger partial charge in [0.05, 0.1) is 23.7 Å².